The number of aryl methyl sites for hydroxylation is 3. The van der Waals surface area contributed by atoms with E-state index < -0.39 is 0 Å². The van der Waals surface area contributed by atoms with E-state index in [9.17, 15) is 4.79 Å². The highest BCUT2D eigenvalue weighted by Crippen LogP contribution is 2.26. The van der Waals surface area contributed by atoms with Crippen LogP contribution in [0.4, 0.5) is 0 Å². The minimum absolute atomic E-state index is 0.0119. The van der Waals surface area contributed by atoms with Crippen LogP contribution >= 0.6 is 0 Å². The lowest BCUT2D eigenvalue weighted by Crippen LogP contribution is -2.29. The molecule has 1 aromatic heterocycles. The van der Waals surface area contributed by atoms with Crippen LogP contribution in [0.1, 0.15) is 65.1 Å². The van der Waals surface area contributed by atoms with E-state index >= 15 is 0 Å². The van der Waals surface area contributed by atoms with Crippen LogP contribution in [0.5, 0.6) is 0 Å². The molecule has 1 aromatic carbocycles. The van der Waals surface area contributed by atoms with Crippen LogP contribution in [0, 0.1) is 6.92 Å². The smallest absolute Gasteiger partial charge is 0.271 e. The number of fused-ring (bicyclic) bond motifs is 1. The predicted octanol–water partition coefficient (Wildman–Crippen LogP) is 3.54. The van der Waals surface area contributed by atoms with Gasteiger partial charge in [-0.3, -0.25) is 9.78 Å². The van der Waals surface area contributed by atoms with Crippen LogP contribution in [-0.4, -0.2) is 15.9 Å². The number of rotatable bonds is 4. The third kappa shape index (κ3) is 3.58. The number of amides is 1. The molecule has 0 saturated carbocycles. The van der Waals surface area contributed by atoms with Gasteiger partial charge in [0.25, 0.3) is 5.91 Å². The van der Waals surface area contributed by atoms with Crippen molar-refractivity contribution in [2.45, 2.75) is 52.0 Å². The lowest BCUT2D eigenvalue weighted by molar-refractivity contribution is 0.0930. The molecule has 1 N–H and O–H groups in total. The van der Waals surface area contributed by atoms with Gasteiger partial charge >= 0.3 is 0 Å². The summed E-state index contributed by atoms with van der Waals surface area (Å²) < 4.78 is 0. The number of carbonyl (C=O) groups excluding carboxylic acids is 1. The van der Waals surface area contributed by atoms with Crippen molar-refractivity contribution < 1.29 is 4.79 Å². The maximum atomic E-state index is 12.4. The molecule has 0 saturated heterocycles. The molecule has 0 bridgehead atoms. The summed E-state index contributed by atoms with van der Waals surface area (Å²) in [6.45, 7) is 3.95. The number of carbonyl (C=O) groups is 1. The second-order valence-corrected chi connectivity index (χ2v) is 6.21. The van der Waals surface area contributed by atoms with Gasteiger partial charge in [0.1, 0.15) is 5.69 Å². The van der Waals surface area contributed by atoms with E-state index in [0.717, 1.165) is 18.5 Å². The zero-order valence-electron chi connectivity index (χ0n) is 13.8. The summed E-state index contributed by atoms with van der Waals surface area (Å²) in [5.74, 6) is -0.165. The fourth-order valence-electron chi connectivity index (χ4n) is 3.13. The van der Waals surface area contributed by atoms with Crippen LogP contribution < -0.4 is 5.32 Å². The van der Waals surface area contributed by atoms with Gasteiger partial charge in [0.2, 0.25) is 0 Å². The fraction of sp³-hybridized carbons (Fsp3) is 0.421. The Morgan fingerprint density at radius 1 is 1.17 bits per heavy atom. The molecule has 0 spiro atoms. The van der Waals surface area contributed by atoms with Crippen LogP contribution in [0.25, 0.3) is 0 Å². The van der Waals surface area contributed by atoms with E-state index in [1.165, 1.54) is 42.1 Å². The number of hydrogen-bond acceptors (Lipinski definition) is 3. The minimum Gasteiger partial charge on any atom is -0.344 e. The quantitative estimate of drug-likeness (QED) is 0.939. The summed E-state index contributed by atoms with van der Waals surface area (Å²) >= 11 is 0. The average molecular weight is 309 g/mol. The molecule has 1 amide bonds. The standard InChI is InChI=1S/C19H23N3O/c1-3-17(22-19(23)18-12-20-13(2)11-21-18)16-9-8-14-6-4-5-7-15(14)10-16/h8-12,17H,3-7H2,1-2H3,(H,22,23). The Morgan fingerprint density at radius 2 is 1.96 bits per heavy atom. The molecule has 1 unspecified atom stereocenters. The minimum atomic E-state index is -0.165. The molecular formula is C19H23N3O. The predicted molar refractivity (Wildman–Crippen MR) is 90.4 cm³/mol. The molecule has 4 heteroatoms. The van der Waals surface area contributed by atoms with Gasteiger partial charge in [0.05, 0.1) is 17.9 Å². The molecule has 23 heavy (non-hydrogen) atoms. The summed E-state index contributed by atoms with van der Waals surface area (Å²) in [5.41, 5.74) is 5.26. The molecule has 1 heterocycles. The highest BCUT2D eigenvalue weighted by Gasteiger charge is 2.17. The van der Waals surface area contributed by atoms with Crippen molar-refractivity contribution in [2.24, 2.45) is 0 Å². The van der Waals surface area contributed by atoms with E-state index in [1.807, 2.05) is 6.92 Å². The van der Waals surface area contributed by atoms with E-state index in [0.29, 0.717) is 5.69 Å². The van der Waals surface area contributed by atoms with Gasteiger partial charge in [0, 0.05) is 6.20 Å². The molecule has 1 atom stereocenters. The van der Waals surface area contributed by atoms with E-state index in [4.69, 9.17) is 0 Å². The van der Waals surface area contributed by atoms with Gasteiger partial charge in [-0.05, 0) is 55.7 Å². The first-order valence-corrected chi connectivity index (χ1v) is 8.38. The molecule has 2 aromatic rings. The zero-order chi connectivity index (χ0) is 16.2. The normalized spacial score (nSPS) is 14.9. The van der Waals surface area contributed by atoms with Gasteiger partial charge in [-0.25, -0.2) is 4.98 Å². The van der Waals surface area contributed by atoms with E-state index in [-0.39, 0.29) is 11.9 Å². The third-order valence-corrected chi connectivity index (χ3v) is 4.50. The van der Waals surface area contributed by atoms with Crippen molar-refractivity contribution in [3.05, 3.63) is 58.7 Å². The van der Waals surface area contributed by atoms with Crippen molar-refractivity contribution in [3.8, 4) is 0 Å². The molecule has 0 aliphatic heterocycles. The Kier molecular flexibility index (Phi) is 4.70. The summed E-state index contributed by atoms with van der Waals surface area (Å²) in [6.07, 6.45) is 8.88. The summed E-state index contributed by atoms with van der Waals surface area (Å²) in [5, 5.41) is 3.08. The van der Waals surface area contributed by atoms with Crippen molar-refractivity contribution in [1.82, 2.24) is 15.3 Å². The van der Waals surface area contributed by atoms with Crippen molar-refractivity contribution in [2.75, 3.05) is 0 Å². The number of hydrogen-bond donors (Lipinski definition) is 1. The highest BCUT2D eigenvalue weighted by atomic mass is 16.1. The monoisotopic (exact) mass is 309 g/mol. The molecule has 3 rings (SSSR count). The number of aromatic nitrogens is 2. The molecular weight excluding hydrogens is 286 g/mol. The Morgan fingerprint density at radius 3 is 2.65 bits per heavy atom. The number of nitrogens with one attached hydrogen (secondary N) is 1. The highest BCUT2D eigenvalue weighted by molar-refractivity contribution is 5.92. The van der Waals surface area contributed by atoms with Gasteiger partial charge < -0.3 is 5.32 Å². The van der Waals surface area contributed by atoms with Gasteiger partial charge in [-0.2, -0.15) is 0 Å². The lowest BCUT2D eigenvalue weighted by atomic mass is 9.89. The summed E-state index contributed by atoms with van der Waals surface area (Å²) in [7, 11) is 0. The van der Waals surface area contributed by atoms with Crippen LogP contribution in [0.15, 0.2) is 30.6 Å². The Labute approximate surface area is 137 Å². The van der Waals surface area contributed by atoms with Crippen molar-refractivity contribution in [3.63, 3.8) is 0 Å². The maximum absolute atomic E-state index is 12.4. The SMILES string of the molecule is CCC(NC(=O)c1cnc(C)cn1)c1ccc2c(c1)CCCC2. The number of benzene rings is 1. The molecule has 120 valence electrons. The van der Waals surface area contributed by atoms with E-state index in [2.05, 4.69) is 40.4 Å². The van der Waals surface area contributed by atoms with Gasteiger partial charge in [-0.1, -0.05) is 25.1 Å². The van der Waals surface area contributed by atoms with Crippen LogP contribution in [0.2, 0.25) is 0 Å². The van der Waals surface area contributed by atoms with Crippen molar-refractivity contribution >= 4 is 5.91 Å². The Bertz CT molecular complexity index is 694. The van der Waals surface area contributed by atoms with Crippen LogP contribution in [0.3, 0.4) is 0 Å². The second kappa shape index (κ2) is 6.90. The van der Waals surface area contributed by atoms with E-state index in [1.54, 1.807) is 6.20 Å². The Balaban J connectivity index is 1.77. The molecule has 4 nitrogen and oxygen atoms in total. The zero-order valence-corrected chi connectivity index (χ0v) is 13.8. The first-order chi connectivity index (χ1) is 11.2. The lowest BCUT2D eigenvalue weighted by Gasteiger charge is -2.21. The first-order valence-electron chi connectivity index (χ1n) is 8.38. The second-order valence-electron chi connectivity index (χ2n) is 6.21. The third-order valence-electron chi connectivity index (χ3n) is 4.50. The van der Waals surface area contributed by atoms with Gasteiger partial charge in [0.15, 0.2) is 0 Å². The molecule has 1 aliphatic carbocycles. The van der Waals surface area contributed by atoms with Gasteiger partial charge in [-0.15, -0.1) is 0 Å². The molecule has 0 radical (unpaired) electrons. The largest absolute Gasteiger partial charge is 0.344 e. The molecule has 0 fully saturated rings. The fourth-order valence-corrected chi connectivity index (χ4v) is 3.13. The van der Waals surface area contributed by atoms with Crippen LogP contribution in [-0.2, 0) is 12.8 Å². The summed E-state index contributed by atoms with van der Waals surface area (Å²) in [6, 6.07) is 6.66. The maximum Gasteiger partial charge on any atom is 0.271 e. The topological polar surface area (TPSA) is 54.9 Å². The first kappa shape index (κ1) is 15.7. The molecule has 1 aliphatic rings. The Hall–Kier alpha value is -2.23. The number of nitrogens with zero attached hydrogens (tertiary/aromatic N) is 2. The van der Waals surface area contributed by atoms with Crippen molar-refractivity contribution in [1.29, 1.82) is 0 Å². The average Bonchev–Trinajstić information content (AvgIpc) is 2.59. The summed E-state index contributed by atoms with van der Waals surface area (Å²) in [4.78, 5) is 20.7.